The Kier molecular flexibility index (Phi) is 6.34. The third kappa shape index (κ3) is 4.69. The van der Waals surface area contributed by atoms with Gasteiger partial charge >= 0.3 is 0 Å². The van der Waals surface area contributed by atoms with Gasteiger partial charge in [0.1, 0.15) is 10.5 Å². The van der Waals surface area contributed by atoms with E-state index < -0.39 is 0 Å². The molecule has 1 N–H and O–H groups in total. The van der Waals surface area contributed by atoms with Crippen molar-refractivity contribution in [3.63, 3.8) is 0 Å². The zero-order valence-corrected chi connectivity index (χ0v) is 19.8. The van der Waals surface area contributed by atoms with Crippen LogP contribution < -0.4 is 15.8 Å². The standard InChI is InChI=1S/C25H22ClFN4O2S/c26-18-4-1-5-20(13-18)28-23(32)17-3-2-11-30(15-17)25-29-21-10-12-34-22(21)24(33)31(25)14-16-6-8-19(27)9-7-16/h1,4-10,12-13,17H,2-3,11,14-15H2,(H,28,32)/t17-/m1/s1. The average molecular weight is 497 g/mol. The molecule has 0 saturated carbocycles. The van der Waals surface area contributed by atoms with Crippen LogP contribution in [-0.2, 0) is 11.3 Å². The molecule has 9 heteroatoms. The van der Waals surface area contributed by atoms with Crippen LogP contribution in [0.2, 0.25) is 5.02 Å². The van der Waals surface area contributed by atoms with E-state index in [9.17, 15) is 14.0 Å². The van der Waals surface area contributed by atoms with Crippen LogP contribution >= 0.6 is 22.9 Å². The Hall–Kier alpha value is -3.23. The smallest absolute Gasteiger partial charge is 0.273 e. The van der Waals surface area contributed by atoms with Gasteiger partial charge in [0.15, 0.2) is 0 Å². The van der Waals surface area contributed by atoms with Crippen molar-refractivity contribution < 1.29 is 9.18 Å². The van der Waals surface area contributed by atoms with Crippen molar-refractivity contribution in [3.8, 4) is 0 Å². The van der Waals surface area contributed by atoms with Crippen molar-refractivity contribution in [2.24, 2.45) is 5.92 Å². The van der Waals surface area contributed by atoms with Gasteiger partial charge in [0.05, 0.1) is 18.0 Å². The Balaban J connectivity index is 1.44. The number of piperidine rings is 1. The van der Waals surface area contributed by atoms with Crippen LogP contribution in [0.15, 0.2) is 64.8 Å². The van der Waals surface area contributed by atoms with Gasteiger partial charge in [-0.25, -0.2) is 9.37 Å². The van der Waals surface area contributed by atoms with Gasteiger partial charge in [0.25, 0.3) is 5.56 Å². The van der Waals surface area contributed by atoms with Gasteiger partial charge in [-0.15, -0.1) is 11.3 Å². The second kappa shape index (κ2) is 9.56. The number of thiophene rings is 1. The third-order valence-corrected chi connectivity index (χ3v) is 7.09. The molecule has 6 nitrogen and oxygen atoms in total. The number of halogens is 2. The number of amides is 1. The second-order valence-corrected chi connectivity index (χ2v) is 9.70. The highest BCUT2D eigenvalue weighted by molar-refractivity contribution is 7.17. The molecule has 0 radical (unpaired) electrons. The maximum Gasteiger partial charge on any atom is 0.273 e. The normalized spacial score (nSPS) is 16.1. The van der Waals surface area contributed by atoms with Gasteiger partial charge in [-0.2, -0.15) is 0 Å². The molecule has 1 fully saturated rings. The van der Waals surface area contributed by atoms with Crippen molar-refractivity contribution in [1.82, 2.24) is 9.55 Å². The molecule has 4 aromatic rings. The lowest BCUT2D eigenvalue weighted by atomic mass is 9.97. The number of carbonyl (C=O) groups is 1. The predicted molar refractivity (Wildman–Crippen MR) is 134 cm³/mol. The van der Waals surface area contributed by atoms with Crippen molar-refractivity contribution in [1.29, 1.82) is 0 Å². The molecule has 174 valence electrons. The lowest BCUT2D eigenvalue weighted by Crippen LogP contribution is -2.43. The molecule has 34 heavy (non-hydrogen) atoms. The first-order valence-electron chi connectivity index (χ1n) is 11.0. The number of rotatable bonds is 5. The number of anilines is 2. The highest BCUT2D eigenvalue weighted by atomic mass is 35.5. The second-order valence-electron chi connectivity index (χ2n) is 8.35. The highest BCUT2D eigenvalue weighted by Crippen LogP contribution is 2.26. The summed E-state index contributed by atoms with van der Waals surface area (Å²) in [4.78, 5) is 33.2. The summed E-state index contributed by atoms with van der Waals surface area (Å²) >= 11 is 7.40. The van der Waals surface area contributed by atoms with Crippen LogP contribution in [0.4, 0.5) is 16.0 Å². The molecular weight excluding hydrogens is 475 g/mol. The van der Waals surface area contributed by atoms with Crippen LogP contribution in [-0.4, -0.2) is 28.5 Å². The summed E-state index contributed by atoms with van der Waals surface area (Å²) < 4.78 is 15.6. The van der Waals surface area contributed by atoms with Gasteiger partial charge in [-0.05, 0) is 60.2 Å². The number of hydrogen-bond donors (Lipinski definition) is 1. The third-order valence-electron chi connectivity index (χ3n) is 5.97. The minimum atomic E-state index is -0.326. The van der Waals surface area contributed by atoms with Crippen molar-refractivity contribution in [2.45, 2.75) is 19.4 Å². The van der Waals surface area contributed by atoms with E-state index in [1.54, 1.807) is 41.0 Å². The molecular formula is C25H22ClFN4O2S. The Morgan fingerprint density at radius 1 is 1.21 bits per heavy atom. The van der Waals surface area contributed by atoms with Gasteiger partial charge in [0, 0.05) is 23.8 Å². The minimum Gasteiger partial charge on any atom is -0.341 e. The summed E-state index contributed by atoms with van der Waals surface area (Å²) in [6, 6.07) is 15.0. The van der Waals surface area contributed by atoms with E-state index in [0.29, 0.717) is 40.0 Å². The molecule has 0 aliphatic carbocycles. The van der Waals surface area contributed by atoms with Gasteiger partial charge in [-0.3, -0.25) is 14.2 Å². The number of aromatic nitrogens is 2. The van der Waals surface area contributed by atoms with Gasteiger partial charge in [-0.1, -0.05) is 29.8 Å². The van der Waals surface area contributed by atoms with Crippen LogP contribution in [0.1, 0.15) is 18.4 Å². The maximum atomic E-state index is 13.4. The minimum absolute atomic E-state index is 0.0870. The number of benzene rings is 2. The fourth-order valence-electron chi connectivity index (χ4n) is 4.27. The maximum absolute atomic E-state index is 13.4. The molecule has 1 amide bonds. The number of fused-ring (bicyclic) bond motifs is 1. The van der Waals surface area contributed by atoms with Crippen LogP contribution in [0.3, 0.4) is 0 Å². The summed E-state index contributed by atoms with van der Waals surface area (Å²) in [6.07, 6.45) is 1.54. The topological polar surface area (TPSA) is 67.2 Å². The molecule has 0 unspecified atom stereocenters. The molecule has 1 aliphatic heterocycles. The molecule has 2 aromatic heterocycles. The quantitative estimate of drug-likeness (QED) is 0.415. The zero-order chi connectivity index (χ0) is 23.7. The molecule has 3 heterocycles. The van der Waals surface area contributed by atoms with Crippen molar-refractivity contribution in [3.05, 3.63) is 86.7 Å². The lowest BCUT2D eigenvalue weighted by molar-refractivity contribution is -0.120. The van der Waals surface area contributed by atoms with Crippen molar-refractivity contribution >= 4 is 50.7 Å². The van der Waals surface area contributed by atoms with E-state index in [-0.39, 0.29) is 29.7 Å². The van der Waals surface area contributed by atoms with Crippen LogP contribution in [0.5, 0.6) is 0 Å². The summed E-state index contributed by atoms with van der Waals surface area (Å²) in [6.45, 7) is 1.40. The molecule has 1 atom stereocenters. The predicted octanol–water partition coefficient (Wildman–Crippen LogP) is 5.15. The molecule has 0 bridgehead atoms. The largest absolute Gasteiger partial charge is 0.341 e. The summed E-state index contributed by atoms with van der Waals surface area (Å²) in [5.41, 5.74) is 1.96. The first kappa shape index (κ1) is 22.6. The Bertz CT molecular complexity index is 1400. The monoisotopic (exact) mass is 496 g/mol. The van der Waals surface area contributed by atoms with E-state index in [2.05, 4.69) is 5.32 Å². The number of nitrogens with one attached hydrogen (secondary N) is 1. The fraction of sp³-hybridized carbons (Fsp3) is 0.240. The van der Waals surface area contributed by atoms with Crippen LogP contribution in [0, 0.1) is 11.7 Å². The zero-order valence-electron chi connectivity index (χ0n) is 18.2. The molecule has 5 rings (SSSR count). The summed E-state index contributed by atoms with van der Waals surface area (Å²) in [5.74, 6) is -0.147. The molecule has 2 aromatic carbocycles. The Morgan fingerprint density at radius 2 is 2.03 bits per heavy atom. The molecule has 0 spiro atoms. The highest BCUT2D eigenvalue weighted by Gasteiger charge is 2.29. The number of nitrogens with zero attached hydrogens (tertiary/aromatic N) is 3. The first-order chi connectivity index (χ1) is 16.5. The van der Waals surface area contributed by atoms with E-state index in [4.69, 9.17) is 16.6 Å². The number of hydrogen-bond acceptors (Lipinski definition) is 5. The van der Waals surface area contributed by atoms with Gasteiger partial charge < -0.3 is 10.2 Å². The lowest BCUT2D eigenvalue weighted by Gasteiger charge is -2.34. The van der Waals surface area contributed by atoms with Gasteiger partial charge in [0.2, 0.25) is 11.9 Å². The first-order valence-corrected chi connectivity index (χ1v) is 12.3. The Labute approximate surface area is 204 Å². The van der Waals surface area contributed by atoms with Crippen molar-refractivity contribution in [2.75, 3.05) is 23.3 Å². The molecule has 1 saturated heterocycles. The average Bonchev–Trinajstić information content (AvgIpc) is 3.31. The number of carbonyl (C=O) groups excluding carboxylic acids is 1. The van der Waals surface area contributed by atoms with E-state index in [1.807, 2.05) is 16.3 Å². The van der Waals surface area contributed by atoms with E-state index in [1.165, 1.54) is 23.5 Å². The molecule has 1 aliphatic rings. The fourth-order valence-corrected chi connectivity index (χ4v) is 5.24. The van der Waals surface area contributed by atoms with E-state index >= 15 is 0 Å². The van der Waals surface area contributed by atoms with Crippen LogP contribution in [0.25, 0.3) is 10.2 Å². The summed E-state index contributed by atoms with van der Waals surface area (Å²) in [7, 11) is 0. The Morgan fingerprint density at radius 3 is 2.82 bits per heavy atom. The van der Waals surface area contributed by atoms with E-state index in [0.717, 1.165) is 18.4 Å². The summed E-state index contributed by atoms with van der Waals surface area (Å²) in [5, 5.41) is 5.35. The SMILES string of the molecule is O=C(Nc1cccc(Cl)c1)[C@@H]1CCCN(c2nc3ccsc3c(=O)n2Cc2ccc(F)cc2)C1.